The van der Waals surface area contributed by atoms with Crippen molar-refractivity contribution in [3.8, 4) is 22.6 Å². The fourth-order valence-electron chi connectivity index (χ4n) is 6.22. The SMILES string of the molecule is O=C(Cc1cn2nc(-c3c(-c4ccc(F)cc4)ncn3C3CCN(CCN4CCOCC4)CC3)ccc2n1)c1ccnc(F)c1. The number of likely N-dealkylation sites (tertiary alicyclic amines) is 1. The van der Waals surface area contributed by atoms with E-state index in [0.717, 1.165) is 88.3 Å². The number of Topliss-reactive ketones (excluding diaryl/α,β-unsaturated/α-hetero) is 1. The van der Waals surface area contributed by atoms with Crippen molar-refractivity contribution < 1.29 is 18.3 Å². The van der Waals surface area contributed by atoms with Gasteiger partial charge in [-0.25, -0.2) is 23.9 Å². The Morgan fingerprint density at radius 2 is 1.67 bits per heavy atom. The van der Waals surface area contributed by atoms with Crippen LogP contribution in [0.2, 0.25) is 0 Å². The number of ether oxygens (including phenoxy) is 1. The van der Waals surface area contributed by atoms with Crippen molar-refractivity contribution in [1.82, 2.24) is 38.9 Å². The summed E-state index contributed by atoms with van der Waals surface area (Å²) in [6.07, 6.45) is 6.83. The lowest BCUT2D eigenvalue weighted by molar-refractivity contribution is 0.0316. The highest BCUT2D eigenvalue weighted by Gasteiger charge is 2.26. The van der Waals surface area contributed by atoms with E-state index in [0.29, 0.717) is 17.0 Å². The number of pyridine rings is 1. The van der Waals surface area contributed by atoms with Crippen molar-refractivity contribution in [3.63, 3.8) is 0 Å². The number of ketones is 1. The normalized spacial score (nSPS) is 16.8. The summed E-state index contributed by atoms with van der Waals surface area (Å²) in [6.45, 7) is 7.71. The molecule has 0 saturated carbocycles. The van der Waals surface area contributed by atoms with Gasteiger partial charge in [0.1, 0.15) is 11.5 Å². The van der Waals surface area contributed by atoms with E-state index < -0.39 is 5.95 Å². The molecule has 0 unspecified atom stereocenters. The van der Waals surface area contributed by atoms with E-state index in [1.807, 2.05) is 18.5 Å². The van der Waals surface area contributed by atoms with Gasteiger partial charge >= 0.3 is 0 Å². The number of fused-ring (bicyclic) bond motifs is 1. The first-order valence-corrected chi connectivity index (χ1v) is 15.4. The highest BCUT2D eigenvalue weighted by molar-refractivity contribution is 5.97. The quantitative estimate of drug-likeness (QED) is 0.180. The predicted molar refractivity (Wildman–Crippen MR) is 164 cm³/mol. The second-order valence-corrected chi connectivity index (χ2v) is 11.6. The Morgan fingerprint density at radius 3 is 2.42 bits per heavy atom. The van der Waals surface area contributed by atoms with E-state index in [1.165, 1.54) is 24.4 Å². The molecule has 6 heterocycles. The van der Waals surface area contributed by atoms with Crippen LogP contribution in [0.3, 0.4) is 0 Å². The Labute approximate surface area is 259 Å². The maximum absolute atomic E-state index is 13.8. The highest BCUT2D eigenvalue weighted by atomic mass is 19.1. The molecule has 45 heavy (non-hydrogen) atoms. The predicted octanol–water partition coefficient (Wildman–Crippen LogP) is 4.33. The van der Waals surface area contributed by atoms with Gasteiger partial charge in [0, 0.05) is 68.7 Å². The second-order valence-electron chi connectivity index (χ2n) is 11.6. The molecule has 0 atom stereocenters. The zero-order chi connectivity index (χ0) is 30.8. The maximum atomic E-state index is 13.8. The minimum absolute atomic E-state index is 0.00498. The zero-order valence-electron chi connectivity index (χ0n) is 24.9. The Bertz CT molecular complexity index is 1790. The van der Waals surface area contributed by atoms with Gasteiger partial charge in [-0.1, -0.05) is 0 Å². The molecule has 2 fully saturated rings. The topological polar surface area (TPSA) is 93.7 Å². The molecule has 10 nitrogen and oxygen atoms in total. The van der Waals surface area contributed by atoms with Crippen molar-refractivity contribution in [2.75, 3.05) is 52.5 Å². The van der Waals surface area contributed by atoms with Gasteiger partial charge in [0.05, 0.1) is 49.2 Å². The number of benzene rings is 1. The molecule has 4 aromatic heterocycles. The number of halogens is 2. The Kier molecular flexibility index (Phi) is 8.42. The van der Waals surface area contributed by atoms with E-state index in [1.54, 1.807) is 22.8 Å². The van der Waals surface area contributed by atoms with Crippen molar-refractivity contribution in [1.29, 1.82) is 0 Å². The number of carbonyl (C=O) groups excluding carboxylic acids is 1. The number of carbonyl (C=O) groups is 1. The minimum Gasteiger partial charge on any atom is -0.379 e. The van der Waals surface area contributed by atoms with Crippen LogP contribution in [0.5, 0.6) is 0 Å². The molecule has 0 spiro atoms. The second kappa shape index (κ2) is 12.9. The molecule has 2 aliphatic rings. The summed E-state index contributed by atoms with van der Waals surface area (Å²) in [5.41, 5.74) is 4.44. The van der Waals surface area contributed by atoms with Crippen LogP contribution in [0.25, 0.3) is 28.3 Å². The molecule has 2 saturated heterocycles. The lowest BCUT2D eigenvalue weighted by Crippen LogP contribution is -2.43. The van der Waals surface area contributed by atoms with Crippen molar-refractivity contribution in [3.05, 3.63) is 90.3 Å². The van der Waals surface area contributed by atoms with E-state index in [9.17, 15) is 13.6 Å². The van der Waals surface area contributed by atoms with E-state index in [4.69, 9.17) is 14.8 Å². The molecule has 0 bridgehead atoms. The summed E-state index contributed by atoms with van der Waals surface area (Å²) in [5.74, 6) is -1.26. The van der Waals surface area contributed by atoms with Gasteiger partial charge in [-0.2, -0.15) is 9.49 Å². The zero-order valence-corrected chi connectivity index (χ0v) is 24.9. The molecule has 232 valence electrons. The minimum atomic E-state index is -0.700. The summed E-state index contributed by atoms with van der Waals surface area (Å²) >= 11 is 0. The fourth-order valence-corrected chi connectivity index (χ4v) is 6.22. The number of piperidine rings is 1. The largest absolute Gasteiger partial charge is 0.379 e. The maximum Gasteiger partial charge on any atom is 0.213 e. The van der Waals surface area contributed by atoms with E-state index >= 15 is 0 Å². The molecule has 1 aromatic carbocycles. The molecule has 0 radical (unpaired) electrons. The lowest BCUT2D eigenvalue weighted by atomic mass is 10.0. The summed E-state index contributed by atoms with van der Waals surface area (Å²) in [6, 6.07) is 13.0. The molecule has 0 N–H and O–H groups in total. The molecule has 12 heteroatoms. The highest BCUT2D eigenvalue weighted by Crippen LogP contribution is 2.35. The van der Waals surface area contributed by atoms with Gasteiger partial charge in [0.2, 0.25) is 5.95 Å². The van der Waals surface area contributed by atoms with Crippen LogP contribution < -0.4 is 0 Å². The summed E-state index contributed by atoms with van der Waals surface area (Å²) in [4.78, 5) is 30.7. The summed E-state index contributed by atoms with van der Waals surface area (Å²) in [5, 5.41) is 4.90. The Balaban J connectivity index is 1.14. The average molecular weight is 613 g/mol. The van der Waals surface area contributed by atoms with Crippen LogP contribution in [-0.2, 0) is 11.2 Å². The molecule has 0 amide bonds. The molecule has 0 aliphatic carbocycles. The first-order chi connectivity index (χ1) is 22.0. The van der Waals surface area contributed by atoms with Crippen LogP contribution in [0.15, 0.2) is 67.3 Å². The van der Waals surface area contributed by atoms with E-state index in [2.05, 4.69) is 24.3 Å². The van der Waals surface area contributed by atoms with Crippen LogP contribution in [0.1, 0.15) is 34.9 Å². The van der Waals surface area contributed by atoms with Crippen LogP contribution in [-0.4, -0.2) is 97.2 Å². The van der Waals surface area contributed by atoms with Gasteiger partial charge in [0.15, 0.2) is 11.4 Å². The standard InChI is InChI=1S/C33H34F2N8O2/c34-25-3-1-23(2-4-25)32-33(42(22-37-32)27-8-11-40(12-9-27)13-14-41-15-17-45-18-16-41)28-5-6-31-38-26(21-43(31)39-28)20-29(44)24-7-10-36-30(35)19-24/h1-7,10,19,21-22,27H,8-9,11-18,20H2. The number of morpholine rings is 1. The Morgan fingerprint density at radius 1 is 0.911 bits per heavy atom. The number of nitrogens with zero attached hydrogens (tertiary/aromatic N) is 8. The summed E-state index contributed by atoms with van der Waals surface area (Å²) < 4.78 is 36.7. The first-order valence-electron chi connectivity index (χ1n) is 15.4. The van der Waals surface area contributed by atoms with E-state index in [-0.39, 0.29) is 29.6 Å². The van der Waals surface area contributed by atoms with Crippen LogP contribution in [0, 0.1) is 11.8 Å². The number of imidazole rings is 2. The Hall–Kier alpha value is -4.39. The van der Waals surface area contributed by atoms with Crippen LogP contribution >= 0.6 is 0 Å². The first kappa shape index (κ1) is 29.3. The smallest absolute Gasteiger partial charge is 0.213 e. The molecular weight excluding hydrogens is 578 g/mol. The molecule has 5 aromatic rings. The van der Waals surface area contributed by atoms with Gasteiger partial charge in [-0.15, -0.1) is 0 Å². The van der Waals surface area contributed by atoms with Gasteiger partial charge < -0.3 is 14.2 Å². The summed E-state index contributed by atoms with van der Waals surface area (Å²) in [7, 11) is 0. The number of hydrogen-bond acceptors (Lipinski definition) is 8. The molecule has 7 rings (SSSR count). The van der Waals surface area contributed by atoms with Crippen LogP contribution in [0.4, 0.5) is 8.78 Å². The van der Waals surface area contributed by atoms with Gasteiger partial charge in [0.25, 0.3) is 0 Å². The average Bonchev–Trinajstić information content (AvgIpc) is 3.69. The monoisotopic (exact) mass is 612 g/mol. The van der Waals surface area contributed by atoms with Crippen molar-refractivity contribution in [2.45, 2.75) is 25.3 Å². The molecule has 2 aliphatic heterocycles. The molecular formula is C33H34F2N8O2. The van der Waals surface area contributed by atoms with Gasteiger partial charge in [-0.05, 0) is 55.3 Å². The third kappa shape index (κ3) is 6.53. The third-order valence-electron chi connectivity index (χ3n) is 8.70. The van der Waals surface area contributed by atoms with Gasteiger partial charge in [-0.3, -0.25) is 9.69 Å². The lowest BCUT2D eigenvalue weighted by Gasteiger charge is -2.35. The third-order valence-corrected chi connectivity index (χ3v) is 8.70. The number of rotatable bonds is 9. The fraction of sp³-hybridized carbons (Fsp3) is 0.364. The number of aromatic nitrogens is 6. The number of hydrogen-bond donors (Lipinski definition) is 0. The van der Waals surface area contributed by atoms with Crippen molar-refractivity contribution in [2.24, 2.45) is 0 Å². The van der Waals surface area contributed by atoms with Crippen molar-refractivity contribution >= 4 is 11.4 Å².